The van der Waals surface area contributed by atoms with Gasteiger partial charge in [0.25, 0.3) is 0 Å². The van der Waals surface area contributed by atoms with Crippen molar-refractivity contribution < 1.29 is 14.3 Å². The van der Waals surface area contributed by atoms with E-state index >= 15 is 0 Å². The van der Waals surface area contributed by atoms with E-state index in [2.05, 4.69) is 39.0 Å². The third kappa shape index (κ3) is 4.65. The summed E-state index contributed by atoms with van der Waals surface area (Å²) in [6, 6.07) is 12.0. The quantitative estimate of drug-likeness (QED) is 0.389. The number of pyridine rings is 2. The van der Waals surface area contributed by atoms with Gasteiger partial charge in [0.1, 0.15) is 5.75 Å². The lowest BCUT2D eigenvalue weighted by molar-refractivity contribution is -0.605. The van der Waals surface area contributed by atoms with Crippen LogP contribution in [-0.2, 0) is 24.1 Å². The second-order valence-corrected chi connectivity index (χ2v) is 9.74. The average molecular weight is 523 g/mol. The fourth-order valence-electron chi connectivity index (χ4n) is 4.99. The number of benzene rings is 1. The van der Waals surface area contributed by atoms with Crippen molar-refractivity contribution in [2.45, 2.75) is 25.3 Å². The zero-order valence-electron chi connectivity index (χ0n) is 19.1. The Kier molecular flexibility index (Phi) is 6.52. The molecule has 34 heavy (non-hydrogen) atoms. The molecule has 1 aliphatic carbocycles. The first-order valence-corrected chi connectivity index (χ1v) is 12.3. The molecule has 1 saturated heterocycles. The molecule has 1 amide bonds. The molecule has 1 aliphatic heterocycles. The summed E-state index contributed by atoms with van der Waals surface area (Å²) in [6.07, 6.45) is 6.92. The molecule has 0 bridgehead atoms. The number of halogens is 1. The van der Waals surface area contributed by atoms with Crippen molar-refractivity contribution in [2.24, 2.45) is 0 Å². The van der Waals surface area contributed by atoms with Gasteiger partial charge in [-0.15, -0.1) is 0 Å². The lowest BCUT2D eigenvalue weighted by Crippen LogP contribution is -2.50. The molecule has 0 saturated carbocycles. The Morgan fingerprint density at radius 1 is 1.12 bits per heavy atom. The number of hydrogen-bond donors (Lipinski definition) is 0. The van der Waals surface area contributed by atoms with Crippen LogP contribution in [0, 0.1) is 5.21 Å². The van der Waals surface area contributed by atoms with Crippen molar-refractivity contribution in [3.63, 3.8) is 0 Å². The summed E-state index contributed by atoms with van der Waals surface area (Å²) in [5, 5.41) is 11.3. The minimum atomic E-state index is 0.0466. The Bertz CT molecular complexity index is 1190. The van der Waals surface area contributed by atoms with E-state index in [0.29, 0.717) is 19.5 Å². The van der Waals surface area contributed by atoms with Gasteiger partial charge < -0.3 is 14.8 Å². The molecule has 1 unspecified atom stereocenters. The van der Waals surface area contributed by atoms with Gasteiger partial charge in [0.2, 0.25) is 5.91 Å². The van der Waals surface area contributed by atoms with Crippen LogP contribution in [0.15, 0.2) is 59.5 Å². The van der Waals surface area contributed by atoms with Crippen LogP contribution in [0.1, 0.15) is 34.0 Å². The van der Waals surface area contributed by atoms with Crippen molar-refractivity contribution in [2.75, 3.05) is 33.3 Å². The fraction of sp³-hybridized carbons (Fsp3) is 0.346. The van der Waals surface area contributed by atoms with E-state index < -0.39 is 0 Å². The molecule has 5 rings (SSSR count). The van der Waals surface area contributed by atoms with Gasteiger partial charge in [-0.2, -0.15) is 4.73 Å². The first kappa shape index (κ1) is 22.8. The molecule has 7 nitrogen and oxygen atoms in total. The van der Waals surface area contributed by atoms with Crippen molar-refractivity contribution in [3.05, 3.63) is 92.6 Å². The number of methoxy groups -OCH3 is 1. The molecule has 3 aromatic rings. The lowest BCUT2D eigenvalue weighted by Gasteiger charge is -2.40. The van der Waals surface area contributed by atoms with Gasteiger partial charge in [-0.05, 0) is 69.2 Å². The maximum absolute atomic E-state index is 12.9. The first-order chi connectivity index (χ1) is 16.5. The number of rotatable bonds is 4. The predicted octanol–water partition coefficient (Wildman–Crippen LogP) is 3.06. The number of aryl methyl sites for hydroxylation is 2. The van der Waals surface area contributed by atoms with Gasteiger partial charge >= 0.3 is 0 Å². The summed E-state index contributed by atoms with van der Waals surface area (Å²) >= 11 is 3.59. The SMILES string of the molecule is COc1ccc2c(c1)CCc1cc(Br)cnc1C2N1CCN(C(=O)Cc2cc[n+]([O-])cc2)CC1. The summed E-state index contributed by atoms with van der Waals surface area (Å²) < 4.78 is 7.22. The molecule has 1 aromatic carbocycles. The molecule has 1 atom stereocenters. The monoisotopic (exact) mass is 522 g/mol. The Morgan fingerprint density at radius 2 is 1.85 bits per heavy atom. The normalized spacial score (nSPS) is 18.1. The maximum Gasteiger partial charge on any atom is 0.227 e. The van der Waals surface area contributed by atoms with Gasteiger partial charge in [-0.1, -0.05) is 6.07 Å². The molecule has 176 valence electrons. The number of hydrogen-bond acceptors (Lipinski definition) is 5. The zero-order chi connectivity index (χ0) is 23.7. The minimum Gasteiger partial charge on any atom is -0.619 e. The van der Waals surface area contributed by atoms with Crippen LogP contribution in [-0.4, -0.2) is 54.0 Å². The smallest absolute Gasteiger partial charge is 0.227 e. The number of ether oxygens (including phenoxy) is 1. The van der Waals surface area contributed by atoms with Crippen LogP contribution < -0.4 is 9.47 Å². The van der Waals surface area contributed by atoms with Gasteiger partial charge in [-0.3, -0.25) is 14.7 Å². The van der Waals surface area contributed by atoms with Gasteiger partial charge in [0, 0.05) is 49.0 Å². The molecular weight excluding hydrogens is 496 g/mol. The third-order valence-electron chi connectivity index (χ3n) is 6.79. The highest BCUT2D eigenvalue weighted by atomic mass is 79.9. The third-order valence-corrected chi connectivity index (χ3v) is 7.23. The van der Waals surface area contributed by atoms with E-state index in [1.165, 1.54) is 29.1 Å². The number of nitrogens with zero attached hydrogens (tertiary/aromatic N) is 4. The van der Waals surface area contributed by atoms with E-state index in [1.807, 2.05) is 17.2 Å². The molecule has 3 heterocycles. The van der Waals surface area contributed by atoms with Crippen LogP contribution in [0.25, 0.3) is 0 Å². The van der Waals surface area contributed by atoms with E-state index in [0.717, 1.165) is 52.1 Å². The van der Waals surface area contributed by atoms with Gasteiger partial charge in [-0.25, -0.2) is 0 Å². The number of aromatic nitrogens is 2. The maximum atomic E-state index is 12.9. The van der Waals surface area contributed by atoms with Crippen LogP contribution >= 0.6 is 15.9 Å². The largest absolute Gasteiger partial charge is 0.619 e. The summed E-state index contributed by atoms with van der Waals surface area (Å²) in [5.74, 6) is 0.966. The predicted molar refractivity (Wildman–Crippen MR) is 131 cm³/mol. The molecule has 2 aliphatic rings. The van der Waals surface area contributed by atoms with Gasteiger partial charge in [0.05, 0.1) is 25.3 Å². The molecule has 8 heteroatoms. The second-order valence-electron chi connectivity index (χ2n) is 8.82. The van der Waals surface area contributed by atoms with Crippen LogP contribution in [0.4, 0.5) is 0 Å². The zero-order valence-corrected chi connectivity index (χ0v) is 20.7. The van der Waals surface area contributed by atoms with Crippen LogP contribution in [0.2, 0.25) is 0 Å². The molecule has 1 fully saturated rings. The second kappa shape index (κ2) is 9.72. The molecular formula is C26H27BrN4O3. The van der Waals surface area contributed by atoms with Crippen molar-refractivity contribution in [1.29, 1.82) is 0 Å². The van der Waals surface area contributed by atoms with Crippen molar-refractivity contribution in [3.8, 4) is 5.75 Å². The van der Waals surface area contributed by atoms with Crippen LogP contribution in [0.5, 0.6) is 5.75 Å². The highest BCUT2D eigenvalue weighted by molar-refractivity contribution is 9.10. The number of carbonyl (C=O) groups is 1. The lowest BCUT2D eigenvalue weighted by atomic mass is 9.95. The molecule has 0 spiro atoms. The number of amides is 1. The molecule has 0 radical (unpaired) electrons. The Hall–Kier alpha value is -2.97. The van der Waals surface area contributed by atoms with E-state index in [1.54, 1.807) is 19.2 Å². The summed E-state index contributed by atoms with van der Waals surface area (Å²) in [6.45, 7) is 2.88. The summed E-state index contributed by atoms with van der Waals surface area (Å²) in [7, 11) is 1.70. The Balaban J connectivity index is 1.37. The van der Waals surface area contributed by atoms with Crippen LogP contribution in [0.3, 0.4) is 0 Å². The van der Waals surface area contributed by atoms with Gasteiger partial charge in [0.15, 0.2) is 12.4 Å². The number of piperazine rings is 1. The first-order valence-electron chi connectivity index (χ1n) is 11.5. The fourth-order valence-corrected chi connectivity index (χ4v) is 5.37. The Labute approximate surface area is 207 Å². The van der Waals surface area contributed by atoms with E-state index in [-0.39, 0.29) is 11.9 Å². The summed E-state index contributed by atoms with van der Waals surface area (Å²) in [4.78, 5) is 22.1. The Morgan fingerprint density at radius 3 is 2.59 bits per heavy atom. The topological polar surface area (TPSA) is 72.6 Å². The number of fused-ring (bicyclic) bond motifs is 2. The highest BCUT2D eigenvalue weighted by Gasteiger charge is 2.33. The summed E-state index contributed by atoms with van der Waals surface area (Å²) in [5.41, 5.74) is 5.77. The number of carbonyl (C=O) groups excluding carboxylic acids is 1. The van der Waals surface area contributed by atoms with E-state index in [9.17, 15) is 10.0 Å². The minimum absolute atomic E-state index is 0.0466. The molecule has 2 aromatic heterocycles. The van der Waals surface area contributed by atoms with E-state index in [4.69, 9.17) is 9.72 Å². The highest BCUT2D eigenvalue weighted by Crippen LogP contribution is 2.38. The van der Waals surface area contributed by atoms with Crippen molar-refractivity contribution >= 4 is 21.8 Å². The van der Waals surface area contributed by atoms with Crippen molar-refractivity contribution in [1.82, 2.24) is 14.8 Å². The standard InChI is InChI=1S/C26H27BrN4O3/c1-34-22-4-5-23-19(16-22)2-3-20-15-21(27)17-28-25(20)26(23)30-12-10-29(11-13-30)24(32)14-18-6-8-31(33)9-7-18/h4-9,15-17,26H,2-3,10-14H2,1H3. The molecule has 0 N–H and O–H groups in total. The average Bonchev–Trinajstić information content (AvgIpc) is 3.01.